The van der Waals surface area contributed by atoms with Crippen molar-refractivity contribution in [3.63, 3.8) is 0 Å². The Hall–Kier alpha value is -2.16. The Kier molecular flexibility index (Phi) is 5.27. The molecule has 1 atom stereocenters. The van der Waals surface area contributed by atoms with Gasteiger partial charge < -0.3 is 14.9 Å². The van der Waals surface area contributed by atoms with Crippen LogP contribution in [0.5, 0.6) is 0 Å². The molecular formula is C20H22ClN3O4S. The number of hydrogen-bond acceptors (Lipinski definition) is 5. The number of rotatable bonds is 3. The number of halogens is 1. The maximum atomic E-state index is 12.4. The van der Waals surface area contributed by atoms with Gasteiger partial charge >= 0.3 is 6.03 Å². The Balaban J connectivity index is 1.46. The van der Waals surface area contributed by atoms with Crippen molar-refractivity contribution < 1.29 is 18.3 Å². The van der Waals surface area contributed by atoms with Crippen LogP contribution in [0.4, 0.5) is 4.79 Å². The predicted octanol–water partition coefficient (Wildman–Crippen LogP) is 2.39. The number of aromatic nitrogens is 1. The van der Waals surface area contributed by atoms with Gasteiger partial charge in [0.05, 0.1) is 11.0 Å². The summed E-state index contributed by atoms with van der Waals surface area (Å²) in [5, 5.41) is 9.95. The first-order valence-corrected chi connectivity index (χ1v) is 11.7. The third-order valence-electron chi connectivity index (χ3n) is 5.44. The summed E-state index contributed by atoms with van der Waals surface area (Å²) in [6, 6.07) is 8.48. The van der Waals surface area contributed by atoms with Crippen LogP contribution < -0.4 is 0 Å². The zero-order chi connectivity index (χ0) is 20.8. The van der Waals surface area contributed by atoms with E-state index in [1.165, 1.54) is 6.07 Å². The molecule has 2 fully saturated rings. The van der Waals surface area contributed by atoms with Crippen molar-refractivity contribution in [1.82, 2.24) is 14.8 Å². The monoisotopic (exact) mass is 435 g/mol. The van der Waals surface area contributed by atoms with Crippen LogP contribution in [0.3, 0.4) is 0 Å². The van der Waals surface area contributed by atoms with Crippen LogP contribution in [-0.2, 0) is 9.84 Å². The van der Waals surface area contributed by atoms with Crippen molar-refractivity contribution in [3.8, 4) is 11.1 Å². The second kappa shape index (κ2) is 7.59. The molecule has 2 amide bonds. The van der Waals surface area contributed by atoms with Gasteiger partial charge in [-0.25, -0.2) is 13.2 Å². The third-order valence-corrected chi connectivity index (χ3v) is 6.82. The quantitative estimate of drug-likeness (QED) is 0.799. The first-order valence-electron chi connectivity index (χ1n) is 9.40. The highest BCUT2D eigenvalue weighted by Gasteiger charge is 2.37. The number of β-amino-alcohol motifs (C(OH)–C–C–N with tert-alkyl or cyclic N) is 1. The molecule has 3 heterocycles. The Morgan fingerprint density at radius 1 is 1.17 bits per heavy atom. The molecule has 0 radical (unpaired) electrons. The van der Waals surface area contributed by atoms with Gasteiger partial charge in [0.2, 0.25) is 0 Å². The number of likely N-dealkylation sites (tertiary alicyclic amines) is 2. The van der Waals surface area contributed by atoms with Gasteiger partial charge in [-0.15, -0.1) is 0 Å². The van der Waals surface area contributed by atoms with Crippen molar-refractivity contribution in [1.29, 1.82) is 0 Å². The molecule has 4 rings (SSSR count). The van der Waals surface area contributed by atoms with Gasteiger partial charge in [-0.05, 0) is 24.6 Å². The van der Waals surface area contributed by atoms with E-state index in [2.05, 4.69) is 4.98 Å². The number of urea groups is 1. The minimum Gasteiger partial charge on any atom is -0.391 e. The largest absolute Gasteiger partial charge is 0.391 e. The van der Waals surface area contributed by atoms with Crippen molar-refractivity contribution in [2.24, 2.45) is 0 Å². The summed E-state index contributed by atoms with van der Waals surface area (Å²) in [5.74, 6) is 0.153. The standard InChI is InChI=1S/C20H22ClN3O4S/c1-29(27,28)19-8-15(21)3-4-17(19)13-2-5-18(22-9-13)14-10-24(11-14)20(26)23-7-6-16(25)12-23/h2-5,8-9,14,16,25H,6-7,10-12H2,1H3/t16-/m1/s1. The van der Waals surface area contributed by atoms with Crippen LogP contribution in [0.15, 0.2) is 41.4 Å². The van der Waals surface area contributed by atoms with Crippen molar-refractivity contribution >= 4 is 27.5 Å². The predicted molar refractivity (Wildman–Crippen MR) is 110 cm³/mol. The van der Waals surface area contributed by atoms with Gasteiger partial charge in [-0.2, -0.15) is 0 Å². The van der Waals surface area contributed by atoms with E-state index in [4.69, 9.17) is 11.6 Å². The zero-order valence-electron chi connectivity index (χ0n) is 16.0. The van der Waals surface area contributed by atoms with Crippen LogP contribution in [-0.4, -0.2) is 72.9 Å². The number of aliphatic hydroxyl groups is 1. The molecule has 0 unspecified atom stereocenters. The maximum absolute atomic E-state index is 12.4. The number of aliphatic hydroxyl groups excluding tert-OH is 1. The molecule has 0 spiro atoms. The Morgan fingerprint density at radius 2 is 1.93 bits per heavy atom. The lowest BCUT2D eigenvalue weighted by atomic mass is 9.95. The van der Waals surface area contributed by atoms with E-state index in [9.17, 15) is 18.3 Å². The highest BCUT2D eigenvalue weighted by molar-refractivity contribution is 7.90. The Morgan fingerprint density at radius 3 is 2.52 bits per heavy atom. The summed E-state index contributed by atoms with van der Waals surface area (Å²) < 4.78 is 24.2. The SMILES string of the molecule is CS(=O)(=O)c1cc(Cl)ccc1-c1ccc(C2CN(C(=O)N3CC[C@@H](O)C3)C2)nc1. The molecule has 0 bridgehead atoms. The normalized spacial score (nSPS) is 20.0. The molecule has 2 aliphatic rings. The molecule has 2 aliphatic heterocycles. The average Bonchev–Trinajstić information content (AvgIpc) is 3.07. The van der Waals surface area contributed by atoms with E-state index in [1.54, 1.807) is 28.1 Å². The lowest BCUT2D eigenvalue weighted by Gasteiger charge is -2.40. The first kappa shape index (κ1) is 20.1. The van der Waals surface area contributed by atoms with E-state index in [0.29, 0.717) is 48.7 Å². The molecule has 9 heteroatoms. The molecule has 2 saturated heterocycles. The van der Waals surface area contributed by atoms with Crippen molar-refractivity contribution in [2.75, 3.05) is 32.4 Å². The third kappa shape index (κ3) is 4.10. The summed E-state index contributed by atoms with van der Waals surface area (Å²) in [5.41, 5.74) is 2.13. The summed E-state index contributed by atoms with van der Waals surface area (Å²) in [6.07, 6.45) is 3.03. The molecular weight excluding hydrogens is 414 g/mol. The number of hydrogen-bond donors (Lipinski definition) is 1. The molecule has 0 aliphatic carbocycles. The molecule has 1 aromatic heterocycles. The Bertz CT molecular complexity index is 1040. The van der Waals surface area contributed by atoms with E-state index in [1.807, 2.05) is 12.1 Å². The van der Waals surface area contributed by atoms with Gasteiger partial charge in [0.15, 0.2) is 9.84 Å². The minimum absolute atomic E-state index is 0.0339. The van der Waals surface area contributed by atoms with Gasteiger partial charge in [-0.1, -0.05) is 23.7 Å². The number of carbonyl (C=O) groups is 1. The van der Waals surface area contributed by atoms with Crippen LogP contribution in [0.1, 0.15) is 18.0 Å². The summed E-state index contributed by atoms with van der Waals surface area (Å²) in [7, 11) is -3.43. The molecule has 1 N–H and O–H groups in total. The second-order valence-electron chi connectivity index (χ2n) is 7.66. The first-order chi connectivity index (χ1) is 13.7. The van der Waals surface area contributed by atoms with Crippen molar-refractivity contribution in [3.05, 3.63) is 47.2 Å². The number of sulfone groups is 1. The maximum Gasteiger partial charge on any atom is 0.320 e. The van der Waals surface area contributed by atoms with Gasteiger partial charge in [0, 0.05) is 66.4 Å². The number of carbonyl (C=O) groups excluding carboxylic acids is 1. The fourth-order valence-corrected chi connectivity index (χ4v) is 4.95. The molecule has 154 valence electrons. The number of amides is 2. The lowest BCUT2D eigenvalue weighted by Crippen LogP contribution is -2.53. The zero-order valence-corrected chi connectivity index (χ0v) is 17.5. The topological polar surface area (TPSA) is 90.8 Å². The van der Waals surface area contributed by atoms with Crippen LogP contribution in [0.25, 0.3) is 11.1 Å². The highest BCUT2D eigenvalue weighted by Crippen LogP contribution is 2.32. The summed E-state index contributed by atoms with van der Waals surface area (Å²) in [4.78, 5) is 20.5. The highest BCUT2D eigenvalue weighted by atomic mass is 35.5. The number of benzene rings is 1. The molecule has 7 nitrogen and oxygen atoms in total. The molecule has 1 aromatic carbocycles. The molecule has 29 heavy (non-hydrogen) atoms. The van der Waals surface area contributed by atoms with Crippen molar-refractivity contribution in [2.45, 2.75) is 23.3 Å². The smallest absolute Gasteiger partial charge is 0.320 e. The average molecular weight is 436 g/mol. The number of pyridine rings is 1. The van der Waals surface area contributed by atoms with Crippen LogP contribution in [0, 0.1) is 0 Å². The fourth-order valence-electron chi connectivity index (χ4n) is 3.78. The van der Waals surface area contributed by atoms with E-state index < -0.39 is 15.9 Å². The Labute approximate surface area is 174 Å². The summed E-state index contributed by atoms with van der Waals surface area (Å²) >= 11 is 5.97. The molecule has 2 aromatic rings. The van der Waals surface area contributed by atoms with Crippen LogP contribution in [0.2, 0.25) is 5.02 Å². The second-order valence-corrected chi connectivity index (χ2v) is 10.1. The number of nitrogens with zero attached hydrogens (tertiary/aromatic N) is 3. The van der Waals surface area contributed by atoms with Gasteiger partial charge in [-0.3, -0.25) is 4.98 Å². The van der Waals surface area contributed by atoms with E-state index in [-0.39, 0.29) is 16.8 Å². The minimum atomic E-state index is -3.43. The fraction of sp³-hybridized carbons (Fsp3) is 0.400. The summed E-state index contributed by atoms with van der Waals surface area (Å²) in [6.45, 7) is 2.18. The van der Waals surface area contributed by atoms with Gasteiger partial charge in [0.25, 0.3) is 0 Å². The van der Waals surface area contributed by atoms with E-state index in [0.717, 1.165) is 11.9 Å². The van der Waals surface area contributed by atoms with Gasteiger partial charge in [0.1, 0.15) is 0 Å². The van der Waals surface area contributed by atoms with Crippen LogP contribution >= 0.6 is 11.6 Å². The molecule has 0 saturated carbocycles. The van der Waals surface area contributed by atoms with E-state index >= 15 is 0 Å². The lowest BCUT2D eigenvalue weighted by molar-refractivity contribution is 0.113.